The Morgan fingerprint density at radius 1 is 1.29 bits per heavy atom. The summed E-state index contributed by atoms with van der Waals surface area (Å²) in [5.41, 5.74) is 10.5. The van der Waals surface area contributed by atoms with Gasteiger partial charge in [0.1, 0.15) is 5.82 Å². The SMILES string of the molecule is CCCc1cccc(-n2nc(C)c(C)c2N)c1. The van der Waals surface area contributed by atoms with Crippen molar-refractivity contribution in [3.8, 4) is 5.69 Å². The van der Waals surface area contributed by atoms with Crippen LogP contribution >= 0.6 is 0 Å². The minimum Gasteiger partial charge on any atom is -0.383 e. The molecule has 2 rings (SSSR count). The maximum absolute atomic E-state index is 6.06. The summed E-state index contributed by atoms with van der Waals surface area (Å²) < 4.78 is 1.82. The van der Waals surface area contributed by atoms with E-state index in [1.54, 1.807) is 0 Å². The quantitative estimate of drug-likeness (QED) is 0.879. The van der Waals surface area contributed by atoms with Crippen molar-refractivity contribution in [1.29, 1.82) is 0 Å². The molecule has 90 valence electrons. The highest BCUT2D eigenvalue weighted by atomic mass is 15.3. The van der Waals surface area contributed by atoms with Crippen molar-refractivity contribution in [2.24, 2.45) is 0 Å². The van der Waals surface area contributed by atoms with Gasteiger partial charge in [-0.05, 0) is 38.0 Å². The first-order valence-corrected chi connectivity index (χ1v) is 6.04. The average Bonchev–Trinajstić information content (AvgIpc) is 2.58. The zero-order valence-electron chi connectivity index (χ0n) is 10.7. The average molecular weight is 229 g/mol. The van der Waals surface area contributed by atoms with Crippen LogP contribution in [0, 0.1) is 13.8 Å². The van der Waals surface area contributed by atoms with Gasteiger partial charge in [0.2, 0.25) is 0 Å². The van der Waals surface area contributed by atoms with Crippen LogP contribution in [-0.4, -0.2) is 9.78 Å². The number of benzene rings is 1. The Morgan fingerprint density at radius 2 is 2.06 bits per heavy atom. The van der Waals surface area contributed by atoms with Crippen LogP contribution in [0.5, 0.6) is 0 Å². The van der Waals surface area contributed by atoms with E-state index in [1.807, 2.05) is 24.6 Å². The molecular formula is C14H19N3. The van der Waals surface area contributed by atoms with Gasteiger partial charge in [-0.1, -0.05) is 25.5 Å². The van der Waals surface area contributed by atoms with Crippen LogP contribution in [0.15, 0.2) is 24.3 Å². The lowest BCUT2D eigenvalue weighted by Crippen LogP contribution is -2.02. The monoisotopic (exact) mass is 229 g/mol. The Bertz CT molecular complexity index is 526. The van der Waals surface area contributed by atoms with Gasteiger partial charge >= 0.3 is 0 Å². The summed E-state index contributed by atoms with van der Waals surface area (Å²) in [4.78, 5) is 0. The lowest BCUT2D eigenvalue weighted by molar-refractivity contribution is 0.862. The molecule has 3 heteroatoms. The van der Waals surface area contributed by atoms with E-state index in [0.29, 0.717) is 0 Å². The topological polar surface area (TPSA) is 43.8 Å². The standard InChI is InChI=1S/C14H19N3/c1-4-6-12-7-5-8-13(9-12)17-14(15)10(2)11(3)16-17/h5,7-9H,4,6,15H2,1-3H3. The third-order valence-electron chi connectivity index (χ3n) is 3.10. The Hall–Kier alpha value is -1.77. The summed E-state index contributed by atoms with van der Waals surface area (Å²) in [6, 6.07) is 8.41. The minimum atomic E-state index is 0.733. The number of hydrogen-bond acceptors (Lipinski definition) is 2. The molecule has 1 heterocycles. The molecule has 0 aliphatic rings. The van der Waals surface area contributed by atoms with Gasteiger partial charge in [0.05, 0.1) is 11.4 Å². The first kappa shape index (κ1) is 11.7. The number of nitrogen functional groups attached to an aromatic ring is 1. The molecule has 17 heavy (non-hydrogen) atoms. The number of aromatic nitrogens is 2. The van der Waals surface area contributed by atoms with Crippen molar-refractivity contribution in [3.05, 3.63) is 41.1 Å². The molecule has 0 aliphatic carbocycles. The third-order valence-corrected chi connectivity index (χ3v) is 3.10. The second kappa shape index (κ2) is 4.62. The summed E-state index contributed by atoms with van der Waals surface area (Å²) in [5.74, 6) is 0.733. The van der Waals surface area contributed by atoms with Crippen molar-refractivity contribution in [2.45, 2.75) is 33.6 Å². The summed E-state index contributed by atoms with van der Waals surface area (Å²) in [7, 11) is 0. The third kappa shape index (κ3) is 2.18. The summed E-state index contributed by atoms with van der Waals surface area (Å²) >= 11 is 0. The van der Waals surface area contributed by atoms with Crippen LogP contribution < -0.4 is 5.73 Å². The number of anilines is 1. The molecule has 3 nitrogen and oxygen atoms in total. The highest BCUT2D eigenvalue weighted by Gasteiger charge is 2.09. The van der Waals surface area contributed by atoms with Crippen molar-refractivity contribution in [1.82, 2.24) is 9.78 Å². The van der Waals surface area contributed by atoms with E-state index in [-0.39, 0.29) is 0 Å². The van der Waals surface area contributed by atoms with E-state index >= 15 is 0 Å². The first-order valence-electron chi connectivity index (χ1n) is 6.04. The van der Waals surface area contributed by atoms with Crippen molar-refractivity contribution < 1.29 is 0 Å². The van der Waals surface area contributed by atoms with E-state index in [9.17, 15) is 0 Å². The molecule has 0 aliphatic heterocycles. The van der Waals surface area contributed by atoms with Gasteiger partial charge in [0.15, 0.2) is 0 Å². The smallest absolute Gasteiger partial charge is 0.130 e. The molecule has 0 fully saturated rings. The van der Waals surface area contributed by atoms with Gasteiger partial charge < -0.3 is 5.73 Å². The number of hydrogen-bond donors (Lipinski definition) is 1. The van der Waals surface area contributed by atoms with E-state index in [0.717, 1.165) is 35.6 Å². The van der Waals surface area contributed by atoms with Crippen molar-refractivity contribution >= 4 is 5.82 Å². The van der Waals surface area contributed by atoms with E-state index < -0.39 is 0 Å². The summed E-state index contributed by atoms with van der Waals surface area (Å²) in [6.45, 7) is 6.17. The molecule has 1 aromatic heterocycles. The molecule has 0 bridgehead atoms. The number of nitrogens with zero attached hydrogens (tertiary/aromatic N) is 2. The fraction of sp³-hybridized carbons (Fsp3) is 0.357. The number of nitrogens with two attached hydrogens (primary N) is 1. The molecule has 0 radical (unpaired) electrons. The molecule has 0 unspecified atom stereocenters. The second-order valence-electron chi connectivity index (χ2n) is 4.43. The van der Waals surface area contributed by atoms with Crippen LogP contribution in [0.25, 0.3) is 5.69 Å². The lowest BCUT2D eigenvalue weighted by atomic mass is 10.1. The molecule has 0 amide bonds. The van der Waals surface area contributed by atoms with Crippen LogP contribution in [0.1, 0.15) is 30.2 Å². The highest BCUT2D eigenvalue weighted by Crippen LogP contribution is 2.20. The van der Waals surface area contributed by atoms with E-state index in [1.165, 1.54) is 5.56 Å². The maximum atomic E-state index is 6.06. The second-order valence-corrected chi connectivity index (χ2v) is 4.43. The zero-order valence-corrected chi connectivity index (χ0v) is 10.7. The number of aryl methyl sites for hydroxylation is 2. The summed E-state index contributed by atoms with van der Waals surface area (Å²) in [6.07, 6.45) is 2.24. The largest absolute Gasteiger partial charge is 0.383 e. The molecule has 0 atom stereocenters. The van der Waals surface area contributed by atoms with Crippen LogP contribution in [-0.2, 0) is 6.42 Å². The number of rotatable bonds is 3. The van der Waals surface area contributed by atoms with Gasteiger partial charge in [-0.3, -0.25) is 0 Å². The fourth-order valence-electron chi connectivity index (χ4n) is 1.95. The van der Waals surface area contributed by atoms with Crippen LogP contribution in [0.4, 0.5) is 5.82 Å². The van der Waals surface area contributed by atoms with Crippen LogP contribution in [0.3, 0.4) is 0 Å². The Morgan fingerprint density at radius 3 is 2.65 bits per heavy atom. The van der Waals surface area contributed by atoms with Gasteiger partial charge in [0, 0.05) is 5.56 Å². The van der Waals surface area contributed by atoms with E-state index in [2.05, 4.69) is 30.2 Å². The molecule has 0 saturated heterocycles. The Kier molecular flexibility index (Phi) is 3.18. The van der Waals surface area contributed by atoms with Gasteiger partial charge in [-0.2, -0.15) is 5.10 Å². The van der Waals surface area contributed by atoms with E-state index in [4.69, 9.17) is 5.73 Å². The highest BCUT2D eigenvalue weighted by molar-refractivity contribution is 5.49. The Balaban J connectivity index is 2.45. The van der Waals surface area contributed by atoms with Crippen molar-refractivity contribution in [3.63, 3.8) is 0 Å². The maximum Gasteiger partial charge on any atom is 0.130 e. The Labute approximate surface area is 102 Å². The molecular weight excluding hydrogens is 210 g/mol. The minimum absolute atomic E-state index is 0.733. The predicted octanol–water partition coefficient (Wildman–Crippen LogP) is 3.02. The van der Waals surface area contributed by atoms with Gasteiger partial charge in [0.25, 0.3) is 0 Å². The molecule has 0 spiro atoms. The normalized spacial score (nSPS) is 10.8. The zero-order chi connectivity index (χ0) is 12.4. The van der Waals surface area contributed by atoms with Gasteiger partial charge in [-0.25, -0.2) is 4.68 Å². The van der Waals surface area contributed by atoms with Gasteiger partial charge in [-0.15, -0.1) is 0 Å². The molecule has 1 aromatic carbocycles. The summed E-state index contributed by atoms with van der Waals surface area (Å²) in [5, 5.41) is 4.47. The molecule has 2 aromatic rings. The van der Waals surface area contributed by atoms with Crippen molar-refractivity contribution in [2.75, 3.05) is 5.73 Å². The first-order chi connectivity index (χ1) is 8.13. The molecule has 2 N–H and O–H groups in total. The molecule has 0 saturated carbocycles. The lowest BCUT2D eigenvalue weighted by Gasteiger charge is -2.06. The fourth-order valence-corrected chi connectivity index (χ4v) is 1.95. The van der Waals surface area contributed by atoms with Crippen LogP contribution in [0.2, 0.25) is 0 Å². The predicted molar refractivity (Wildman–Crippen MR) is 71.4 cm³/mol.